The lowest BCUT2D eigenvalue weighted by molar-refractivity contribution is -0.123. The normalized spacial score (nSPS) is 22.8. The fourth-order valence-electron chi connectivity index (χ4n) is 1.26. The SMILES string of the molecule is O=C(NC1(CO)CC1)C1=COCCO1. The number of ether oxygens (including phenoxy) is 2. The Morgan fingerprint density at radius 2 is 2.36 bits per heavy atom. The van der Waals surface area contributed by atoms with Crippen molar-refractivity contribution in [1.29, 1.82) is 0 Å². The first-order chi connectivity index (χ1) is 6.76. The summed E-state index contributed by atoms with van der Waals surface area (Å²) in [7, 11) is 0. The minimum Gasteiger partial charge on any atom is -0.494 e. The van der Waals surface area contributed by atoms with Crippen LogP contribution in [-0.4, -0.2) is 36.4 Å². The largest absolute Gasteiger partial charge is 0.494 e. The van der Waals surface area contributed by atoms with Crippen LogP contribution < -0.4 is 5.32 Å². The summed E-state index contributed by atoms with van der Waals surface area (Å²) in [6, 6.07) is 0. The van der Waals surface area contributed by atoms with E-state index in [1.807, 2.05) is 0 Å². The average Bonchev–Trinajstić information content (AvgIpc) is 3.00. The Balaban J connectivity index is 1.92. The van der Waals surface area contributed by atoms with Crippen LogP contribution in [0, 0.1) is 0 Å². The first kappa shape index (κ1) is 9.33. The lowest BCUT2D eigenvalue weighted by Crippen LogP contribution is -2.41. The van der Waals surface area contributed by atoms with E-state index in [1.165, 1.54) is 6.26 Å². The molecule has 1 amide bonds. The van der Waals surface area contributed by atoms with Crippen molar-refractivity contribution in [2.45, 2.75) is 18.4 Å². The van der Waals surface area contributed by atoms with Crippen molar-refractivity contribution in [3.05, 3.63) is 12.0 Å². The van der Waals surface area contributed by atoms with E-state index in [0.29, 0.717) is 13.2 Å². The molecule has 1 heterocycles. The van der Waals surface area contributed by atoms with Crippen LogP contribution >= 0.6 is 0 Å². The molecule has 0 radical (unpaired) electrons. The smallest absolute Gasteiger partial charge is 0.290 e. The van der Waals surface area contributed by atoms with Gasteiger partial charge in [0.2, 0.25) is 5.76 Å². The molecule has 2 N–H and O–H groups in total. The molecule has 0 spiro atoms. The van der Waals surface area contributed by atoms with Gasteiger partial charge in [-0.2, -0.15) is 0 Å². The Morgan fingerprint density at radius 1 is 1.57 bits per heavy atom. The third kappa shape index (κ3) is 1.82. The summed E-state index contributed by atoms with van der Waals surface area (Å²) in [5.41, 5.74) is -0.404. The molecule has 2 rings (SSSR count). The molecule has 1 fully saturated rings. The molecule has 5 nitrogen and oxygen atoms in total. The highest BCUT2D eigenvalue weighted by atomic mass is 16.6. The van der Waals surface area contributed by atoms with Crippen LogP contribution in [0.15, 0.2) is 12.0 Å². The average molecular weight is 199 g/mol. The zero-order valence-corrected chi connectivity index (χ0v) is 7.78. The van der Waals surface area contributed by atoms with Crippen molar-refractivity contribution in [3.8, 4) is 0 Å². The van der Waals surface area contributed by atoms with Crippen LogP contribution in [0.1, 0.15) is 12.8 Å². The third-order valence-corrected chi connectivity index (χ3v) is 2.41. The van der Waals surface area contributed by atoms with Crippen molar-refractivity contribution >= 4 is 5.91 Å². The van der Waals surface area contributed by atoms with Crippen molar-refractivity contribution in [2.75, 3.05) is 19.8 Å². The Bertz CT molecular complexity index is 270. The zero-order valence-electron chi connectivity index (χ0n) is 7.78. The Labute approximate surface area is 81.7 Å². The van der Waals surface area contributed by atoms with E-state index >= 15 is 0 Å². The maximum absolute atomic E-state index is 11.5. The van der Waals surface area contributed by atoms with Crippen LogP contribution in [0.3, 0.4) is 0 Å². The van der Waals surface area contributed by atoms with Crippen molar-refractivity contribution in [3.63, 3.8) is 0 Å². The number of hydrogen-bond donors (Lipinski definition) is 2. The number of aliphatic hydroxyl groups excluding tert-OH is 1. The molecule has 14 heavy (non-hydrogen) atoms. The Morgan fingerprint density at radius 3 is 2.86 bits per heavy atom. The van der Waals surface area contributed by atoms with Crippen LogP contribution in [0.2, 0.25) is 0 Å². The number of carbonyl (C=O) groups is 1. The molecule has 1 saturated carbocycles. The van der Waals surface area contributed by atoms with Gasteiger partial charge in [-0.05, 0) is 12.8 Å². The summed E-state index contributed by atoms with van der Waals surface area (Å²) >= 11 is 0. The predicted octanol–water partition coefficient (Wildman–Crippen LogP) is -0.484. The third-order valence-electron chi connectivity index (χ3n) is 2.41. The molecule has 0 unspecified atom stereocenters. The number of carbonyl (C=O) groups excluding carboxylic acids is 1. The topological polar surface area (TPSA) is 67.8 Å². The van der Waals surface area contributed by atoms with Gasteiger partial charge < -0.3 is 19.9 Å². The second-order valence-corrected chi connectivity index (χ2v) is 3.59. The highest BCUT2D eigenvalue weighted by Gasteiger charge is 2.44. The van der Waals surface area contributed by atoms with E-state index in [4.69, 9.17) is 14.6 Å². The van der Waals surface area contributed by atoms with Crippen LogP contribution in [0.5, 0.6) is 0 Å². The van der Waals surface area contributed by atoms with Gasteiger partial charge in [0.1, 0.15) is 19.5 Å². The van der Waals surface area contributed by atoms with Gasteiger partial charge in [0.25, 0.3) is 5.91 Å². The monoisotopic (exact) mass is 199 g/mol. The second kappa shape index (κ2) is 3.49. The number of rotatable bonds is 3. The summed E-state index contributed by atoms with van der Waals surface area (Å²) in [5.74, 6) is -0.118. The van der Waals surface area contributed by atoms with Gasteiger partial charge in [0.15, 0.2) is 0 Å². The van der Waals surface area contributed by atoms with Crippen molar-refractivity contribution in [2.24, 2.45) is 0 Å². The van der Waals surface area contributed by atoms with Gasteiger partial charge in [0.05, 0.1) is 12.1 Å². The minimum absolute atomic E-state index is 0.0210. The molecule has 0 saturated heterocycles. The van der Waals surface area contributed by atoms with Gasteiger partial charge in [0, 0.05) is 0 Å². The Kier molecular flexibility index (Phi) is 2.33. The molecule has 78 valence electrons. The lowest BCUT2D eigenvalue weighted by Gasteiger charge is -2.18. The number of hydrogen-bond acceptors (Lipinski definition) is 4. The van der Waals surface area contributed by atoms with E-state index in [-0.39, 0.29) is 18.3 Å². The molecule has 1 aliphatic carbocycles. The molecular weight excluding hydrogens is 186 g/mol. The van der Waals surface area contributed by atoms with Gasteiger partial charge >= 0.3 is 0 Å². The standard InChI is InChI=1S/C9H13NO4/c11-6-9(1-2-9)10-8(12)7-5-13-3-4-14-7/h5,11H,1-4,6H2,(H,10,12). The fraction of sp³-hybridized carbons (Fsp3) is 0.667. The summed E-state index contributed by atoms with van der Waals surface area (Å²) in [5, 5.41) is 11.7. The first-order valence-corrected chi connectivity index (χ1v) is 4.64. The maximum Gasteiger partial charge on any atom is 0.290 e. The Hall–Kier alpha value is -1.23. The molecule has 0 aromatic rings. The van der Waals surface area contributed by atoms with Gasteiger partial charge in [-0.3, -0.25) is 4.79 Å². The summed E-state index contributed by atoms with van der Waals surface area (Å²) in [4.78, 5) is 11.5. The van der Waals surface area contributed by atoms with Gasteiger partial charge in [-0.1, -0.05) is 0 Å². The quantitative estimate of drug-likeness (QED) is 0.644. The number of amides is 1. The molecule has 0 atom stereocenters. The van der Waals surface area contributed by atoms with Gasteiger partial charge in [-0.15, -0.1) is 0 Å². The predicted molar refractivity (Wildman–Crippen MR) is 47.2 cm³/mol. The number of nitrogens with one attached hydrogen (secondary N) is 1. The van der Waals surface area contributed by atoms with E-state index in [1.54, 1.807) is 0 Å². The summed E-state index contributed by atoms with van der Waals surface area (Å²) < 4.78 is 10.1. The number of aliphatic hydroxyl groups is 1. The summed E-state index contributed by atoms with van der Waals surface area (Å²) in [6.45, 7) is 0.847. The molecule has 0 aromatic carbocycles. The highest BCUT2D eigenvalue weighted by Crippen LogP contribution is 2.34. The molecule has 0 bridgehead atoms. The fourth-order valence-corrected chi connectivity index (χ4v) is 1.26. The second-order valence-electron chi connectivity index (χ2n) is 3.59. The summed E-state index contributed by atoms with van der Waals surface area (Å²) in [6.07, 6.45) is 2.96. The van der Waals surface area contributed by atoms with Crippen LogP contribution in [0.25, 0.3) is 0 Å². The minimum atomic E-state index is -0.404. The van der Waals surface area contributed by atoms with Crippen molar-refractivity contribution in [1.82, 2.24) is 5.32 Å². The molecule has 0 aromatic heterocycles. The molecular formula is C9H13NO4. The van der Waals surface area contributed by atoms with E-state index < -0.39 is 5.54 Å². The molecule has 2 aliphatic rings. The maximum atomic E-state index is 11.5. The van der Waals surface area contributed by atoms with Crippen LogP contribution in [-0.2, 0) is 14.3 Å². The van der Waals surface area contributed by atoms with Crippen LogP contribution in [0.4, 0.5) is 0 Å². The first-order valence-electron chi connectivity index (χ1n) is 4.64. The van der Waals surface area contributed by atoms with Gasteiger partial charge in [-0.25, -0.2) is 0 Å². The molecule has 5 heteroatoms. The van der Waals surface area contributed by atoms with E-state index in [2.05, 4.69) is 5.32 Å². The zero-order chi connectivity index (χ0) is 10.0. The van der Waals surface area contributed by atoms with Crippen molar-refractivity contribution < 1.29 is 19.4 Å². The molecule has 1 aliphatic heterocycles. The van der Waals surface area contributed by atoms with E-state index in [9.17, 15) is 4.79 Å². The highest BCUT2D eigenvalue weighted by molar-refractivity contribution is 5.92. The van der Waals surface area contributed by atoms with E-state index in [0.717, 1.165) is 12.8 Å². The lowest BCUT2D eigenvalue weighted by atomic mass is 10.3.